The van der Waals surface area contributed by atoms with E-state index in [2.05, 4.69) is 5.32 Å². The van der Waals surface area contributed by atoms with E-state index in [0.29, 0.717) is 36.6 Å². The molecule has 2 rings (SSSR count). The Labute approximate surface area is 165 Å². The SMILES string of the molecule is Cc1cc(Cl)ccc1OCCCC(=O)NCc1ccc(C(=O)N(C)C)cc1. The molecule has 0 saturated heterocycles. The lowest BCUT2D eigenvalue weighted by Crippen LogP contribution is -2.23. The number of amides is 2. The van der Waals surface area contributed by atoms with Crippen LogP contribution in [0.25, 0.3) is 0 Å². The Morgan fingerprint density at radius 2 is 1.81 bits per heavy atom. The van der Waals surface area contributed by atoms with Crippen molar-refractivity contribution in [3.63, 3.8) is 0 Å². The number of rotatable bonds is 8. The van der Waals surface area contributed by atoms with E-state index in [0.717, 1.165) is 16.9 Å². The molecule has 0 aliphatic carbocycles. The predicted octanol–water partition coefficient (Wildman–Crippen LogP) is 3.83. The summed E-state index contributed by atoms with van der Waals surface area (Å²) in [6.45, 7) is 2.84. The topological polar surface area (TPSA) is 58.6 Å². The Bertz CT molecular complexity index is 789. The van der Waals surface area contributed by atoms with Gasteiger partial charge in [0, 0.05) is 37.6 Å². The van der Waals surface area contributed by atoms with Gasteiger partial charge in [0.2, 0.25) is 5.91 Å². The Balaban J connectivity index is 1.69. The summed E-state index contributed by atoms with van der Waals surface area (Å²) in [5.41, 5.74) is 2.56. The molecule has 1 N–H and O–H groups in total. The van der Waals surface area contributed by atoms with Gasteiger partial charge in [-0.05, 0) is 54.8 Å². The van der Waals surface area contributed by atoms with E-state index in [9.17, 15) is 9.59 Å². The number of ether oxygens (including phenoxy) is 1. The maximum Gasteiger partial charge on any atom is 0.253 e. The standard InChI is InChI=1S/C21H25ClN2O3/c1-15-13-18(22)10-11-19(15)27-12-4-5-20(25)23-14-16-6-8-17(9-7-16)21(26)24(2)3/h6-11,13H,4-5,12,14H2,1-3H3,(H,23,25). The molecule has 0 bridgehead atoms. The third kappa shape index (κ3) is 6.61. The number of hydrogen-bond acceptors (Lipinski definition) is 3. The van der Waals surface area contributed by atoms with Crippen molar-refractivity contribution < 1.29 is 14.3 Å². The zero-order valence-corrected chi connectivity index (χ0v) is 16.7. The first-order valence-electron chi connectivity index (χ1n) is 8.83. The zero-order valence-electron chi connectivity index (χ0n) is 15.9. The lowest BCUT2D eigenvalue weighted by Gasteiger charge is -2.11. The number of nitrogens with one attached hydrogen (secondary N) is 1. The number of benzene rings is 2. The minimum absolute atomic E-state index is 0.0279. The molecule has 0 aliphatic heterocycles. The molecule has 2 aromatic carbocycles. The van der Waals surface area contributed by atoms with Crippen LogP contribution < -0.4 is 10.1 Å². The molecule has 5 nitrogen and oxygen atoms in total. The fourth-order valence-corrected chi connectivity index (χ4v) is 2.73. The van der Waals surface area contributed by atoms with Crippen molar-refractivity contribution in [3.8, 4) is 5.75 Å². The van der Waals surface area contributed by atoms with Crippen LogP contribution in [0.15, 0.2) is 42.5 Å². The van der Waals surface area contributed by atoms with Crippen molar-refractivity contribution >= 4 is 23.4 Å². The van der Waals surface area contributed by atoms with Gasteiger partial charge in [-0.3, -0.25) is 9.59 Å². The van der Waals surface area contributed by atoms with Gasteiger partial charge in [-0.15, -0.1) is 0 Å². The van der Waals surface area contributed by atoms with Gasteiger partial charge in [0.15, 0.2) is 0 Å². The second-order valence-electron chi connectivity index (χ2n) is 6.54. The third-order valence-corrected chi connectivity index (χ3v) is 4.27. The third-order valence-electron chi connectivity index (χ3n) is 4.04. The van der Waals surface area contributed by atoms with Gasteiger partial charge in [-0.2, -0.15) is 0 Å². The molecule has 0 radical (unpaired) electrons. The second-order valence-corrected chi connectivity index (χ2v) is 6.97. The van der Waals surface area contributed by atoms with Gasteiger partial charge in [0.25, 0.3) is 5.91 Å². The highest BCUT2D eigenvalue weighted by Gasteiger charge is 2.08. The number of hydrogen-bond donors (Lipinski definition) is 1. The van der Waals surface area contributed by atoms with Gasteiger partial charge >= 0.3 is 0 Å². The summed E-state index contributed by atoms with van der Waals surface area (Å²) in [5.74, 6) is 0.716. The maximum absolute atomic E-state index is 12.0. The fourth-order valence-electron chi connectivity index (χ4n) is 2.50. The molecule has 0 fully saturated rings. The van der Waals surface area contributed by atoms with Crippen LogP contribution in [0, 0.1) is 6.92 Å². The Hall–Kier alpha value is -2.53. The summed E-state index contributed by atoms with van der Waals surface area (Å²) in [6, 6.07) is 12.7. The summed E-state index contributed by atoms with van der Waals surface area (Å²) in [6.07, 6.45) is 1.02. The minimum Gasteiger partial charge on any atom is -0.493 e. The molecular formula is C21H25ClN2O3. The number of carbonyl (C=O) groups is 2. The monoisotopic (exact) mass is 388 g/mol. The van der Waals surface area contributed by atoms with Crippen molar-refractivity contribution in [1.29, 1.82) is 0 Å². The molecule has 144 valence electrons. The molecular weight excluding hydrogens is 364 g/mol. The van der Waals surface area contributed by atoms with Crippen LogP contribution in [0.1, 0.15) is 34.3 Å². The number of aryl methyl sites for hydroxylation is 1. The normalized spacial score (nSPS) is 10.4. The highest BCUT2D eigenvalue weighted by molar-refractivity contribution is 6.30. The molecule has 0 heterocycles. The molecule has 6 heteroatoms. The molecule has 2 amide bonds. The van der Waals surface area contributed by atoms with Gasteiger partial charge in [0.1, 0.15) is 5.75 Å². The van der Waals surface area contributed by atoms with Crippen molar-refractivity contribution in [2.24, 2.45) is 0 Å². The van der Waals surface area contributed by atoms with E-state index in [1.165, 1.54) is 4.90 Å². The van der Waals surface area contributed by atoms with Gasteiger partial charge in [-0.1, -0.05) is 23.7 Å². The number of halogens is 1. The van der Waals surface area contributed by atoms with E-state index in [1.54, 1.807) is 32.3 Å². The van der Waals surface area contributed by atoms with Crippen molar-refractivity contribution in [1.82, 2.24) is 10.2 Å². The molecule has 27 heavy (non-hydrogen) atoms. The first kappa shape index (κ1) is 20.8. The van der Waals surface area contributed by atoms with Crippen molar-refractivity contribution in [2.75, 3.05) is 20.7 Å². The maximum atomic E-state index is 12.0. The summed E-state index contributed by atoms with van der Waals surface area (Å²) in [7, 11) is 3.43. The molecule has 0 unspecified atom stereocenters. The van der Waals surface area contributed by atoms with Crippen LogP contribution in [0.4, 0.5) is 0 Å². The highest BCUT2D eigenvalue weighted by atomic mass is 35.5. The number of carbonyl (C=O) groups excluding carboxylic acids is 2. The van der Waals surface area contributed by atoms with Gasteiger partial charge in [0.05, 0.1) is 6.61 Å². The fraction of sp³-hybridized carbons (Fsp3) is 0.333. The Kier molecular flexibility index (Phi) is 7.67. The summed E-state index contributed by atoms with van der Waals surface area (Å²) in [4.78, 5) is 25.3. The highest BCUT2D eigenvalue weighted by Crippen LogP contribution is 2.21. The Morgan fingerprint density at radius 3 is 2.44 bits per heavy atom. The van der Waals surface area contributed by atoms with Crippen LogP contribution in [0.2, 0.25) is 5.02 Å². The molecule has 2 aromatic rings. The van der Waals surface area contributed by atoms with Crippen molar-refractivity contribution in [2.45, 2.75) is 26.3 Å². The summed E-state index contributed by atoms with van der Waals surface area (Å²) < 4.78 is 5.69. The second kappa shape index (κ2) is 9.97. The smallest absolute Gasteiger partial charge is 0.253 e. The zero-order chi connectivity index (χ0) is 19.8. The summed E-state index contributed by atoms with van der Waals surface area (Å²) in [5, 5.41) is 3.56. The average Bonchev–Trinajstić information content (AvgIpc) is 2.64. The van der Waals surface area contributed by atoms with Crippen LogP contribution in [0.5, 0.6) is 5.75 Å². The van der Waals surface area contributed by atoms with Crippen LogP contribution >= 0.6 is 11.6 Å². The minimum atomic E-state index is -0.0403. The number of nitrogens with zero attached hydrogens (tertiary/aromatic N) is 1. The van der Waals surface area contributed by atoms with E-state index in [-0.39, 0.29) is 11.8 Å². The lowest BCUT2D eigenvalue weighted by molar-refractivity contribution is -0.121. The van der Waals surface area contributed by atoms with E-state index < -0.39 is 0 Å². The van der Waals surface area contributed by atoms with Crippen LogP contribution in [-0.2, 0) is 11.3 Å². The van der Waals surface area contributed by atoms with Crippen LogP contribution in [0.3, 0.4) is 0 Å². The first-order valence-corrected chi connectivity index (χ1v) is 9.21. The molecule has 0 aliphatic rings. The van der Waals surface area contributed by atoms with Gasteiger partial charge in [-0.25, -0.2) is 0 Å². The molecule has 0 aromatic heterocycles. The van der Waals surface area contributed by atoms with Crippen LogP contribution in [-0.4, -0.2) is 37.4 Å². The predicted molar refractivity (Wildman–Crippen MR) is 107 cm³/mol. The lowest BCUT2D eigenvalue weighted by atomic mass is 10.1. The first-order chi connectivity index (χ1) is 12.9. The van der Waals surface area contributed by atoms with E-state index >= 15 is 0 Å². The quantitative estimate of drug-likeness (QED) is 0.699. The Morgan fingerprint density at radius 1 is 1.11 bits per heavy atom. The van der Waals surface area contributed by atoms with E-state index in [4.69, 9.17) is 16.3 Å². The molecule has 0 saturated carbocycles. The average molecular weight is 389 g/mol. The molecule has 0 atom stereocenters. The van der Waals surface area contributed by atoms with Crippen molar-refractivity contribution in [3.05, 3.63) is 64.2 Å². The van der Waals surface area contributed by atoms with E-state index in [1.807, 2.05) is 31.2 Å². The molecule has 0 spiro atoms. The van der Waals surface area contributed by atoms with Gasteiger partial charge < -0.3 is 15.0 Å². The summed E-state index contributed by atoms with van der Waals surface area (Å²) >= 11 is 5.92. The largest absolute Gasteiger partial charge is 0.493 e.